The number of nitrogens with zero attached hydrogens (tertiary/aromatic N) is 1. The van der Waals surface area contributed by atoms with E-state index in [-0.39, 0.29) is 22.5 Å². The van der Waals surface area contributed by atoms with E-state index < -0.39 is 11.7 Å². The van der Waals surface area contributed by atoms with Crippen LogP contribution < -0.4 is 16.6 Å². The van der Waals surface area contributed by atoms with Crippen LogP contribution in [0, 0.1) is 5.82 Å². The number of nitrogens with one attached hydrogen (secondary N) is 2. The number of benzene rings is 3. The summed E-state index contributed by atoms with van der Waals surface area (Å²) in [7, 11) is 0. The predicted molar refractivity (Wildman–Crippen MR) is 109 cm³/mol. The second-order valence-electron chi connectivity index (χ2n) is 6.19. The Kier molecular flexibility index (Phi) is 4.60. The lowest BCUT2D eigenvalue weighted by Gasteiger charge is -2.15. The molecule has 0 bridgehead atoms. The topological polar surface area (TPSA) is 80.0 Å². The van der Waals surface area contributed by atoms with Crippen LogP contribution in [0.2, 0.25) is 0 Å². The fourth-order valence-electron chi connectivity index (χ4n) is 3.04. The Morgan fingerprint density at radius 3 is 2.36 bits per heavy atom. The molecule has 1 heterocycles. The maximum atomic E-state index is 14.3. The fourth-order valence-corrected chi connectivity index (χ4v) is 3.04. The molecule has 4 rings (SSSR count). The maximum absolute atomic E-state index is 14.3. The van der Waals surface area contributed by atoms with E-state index in [9.17, 15) is 9.18 Å². The Morgan fingerprint density at radius 2 is 1.57 bits per heavy atom. The number of carbonyl (C=O) groups is 1. The average molecular weight is 372 g/mol. The minimum absolute atomic E-state index is 0.121. The molecule has 0 fully saturated rings. The highest BCUT2D eigenvalue weighted by Gasteiger charge is 2.21. The molecule has 0 unspecified atom stereocenters. The zero-order valence-electron chi connectivity index (χ0n) is 14.8. The first-order valence-corrected chi connectivity index (χ1v) is 8.69. The summed E-state index contributed by atoms with van der Waals surface area (Å²) in [5.41, 5.74) is 13.9. The Labute approximate surface area is 161 Å². The van der Waals surface area contributed by atoms with Gasteiger partial charge in [-0.1, -0.05) is 48.5 Å². The number of aromatic nitrogens is 1. The summed E-state index contributed by atoms with van der Waals surface area (Å²) >= 11 is 0. The van der Waals surface area contributed by atoms with Gasteiger partial charge in [-0.3, -0.25) is 15.6 Å². The lowest BCUT2D eigenvalue weighted by atomic mass is 10.0. The second kappa shape index (κ2) is 7.36. The first-order valence-electron chi connectivity index (χ1n) is 8.69. The molecule has 0 saturated carbocycles. The molecule has 138 valence electrons. The number of hydrogen-bond acceptors (Lipinski definition) is 4. The second-order valence-corrected chi connectivity index (χ2v) is 6.19. The van der Waals surface area contributed by atoms with Crippen LogP contribution in [-0.4, -0.2) is 10.9 Å². The van der Waals surface area contributed by atoms with Crippen molar-refractivity contribution in [1.82, 2.24) is 10.4 Å². The highest BCUT2D eigenvalue weighted by molar-refractivity contribution is 6.13. The number of amides is 1. The van der Waals surface area contributed by atoms with Crippen LogP contribution in [0.25, 0.3) is 22.2 Å². The molecule has 28 heavy (non-hydrogen) atoms. The first-order chi connectivity index (χ1) is 13.6. The number of nitrogen functional groups attached to an aromatic ring is 1. The van der Waals surface area contributed by atoms with Crippen molar-refractivity contribution in [2.45, 2.75) is 0 Å². The third kappa shape index (κ3) is 3.23. The molecule has 0 saturated heterocycles. The standard InChI is InChI=1S/C22H17FN4O/c23-17-12-6-4-10-15(17)21-20(24)19(16-11-5-7-13-18(16)25-21)22(28)27-26-14-8-2-1-3-9-14/h1-13,26H,24H2,(H,27,28). The van der Waals surface area contributed by atoms with Gasteiger partial charge in [0, 0.05) is 10.9 Å². The van der Waals surface area contributed by atoms with Crippen molar-refractivity contribution in [3.8, 4) is 11.3 Å². The van der Waals surface area contributed by atoms with E-state index in [0.717, 1.165) is 5.69 Å². The lowest BCUT2D eigenvalue weighted by Crippen LogP contribution is -2.30. The van der Waals surface area contributed by atoms with Gasteiger partial charge in [-0.05, 0) is 30.3 Å². The lowest BCUT2D eigenvalue weighted by molar-refractivity contribution is 0.0965. The molecule has 3 aromatic carbocycles. The van der Waals surface area contributed by atoms with Gasteiger partial charge in [0.05, 0.1) is 28.1 Å². The number of halogens is 1. The number of anilines is 2. The van der Waals surface area contributed by atoms with Gasteiger partial charge in [-0.15, -0.1) is 0 Å². The smallest absolute Gasteiger partial charge is 0.272 e. The number of hydrazine groups is 1. The number of hydrogen-bond donors (Lipinski definition) is 3. The molecule has 4 N–H and O–H groups in total. The van der Waals surface area contributed by atoms with Gasteiger partial charge in [-0.2, -0.15) is 0 Å². The Bertz CT molecular complexity index is 1160. The molecule has 4 aromatic rings. The maximum Gasteiger partial charge on any atom is 0.272 e. The molecule has 0 aliphatic heterocycles. The van der Waals surface area contributed by atoms with E-state index in [4.69, 9.17) is 5.73 Å². The van der Waals surface area contributed by atoms with E-state index in [1.165, 1.54) is 6.07 Å². The summed E-state index contributed by atoms with van der Waals surface area (Å²) in [6, 6.07) is 22.6. The largest absolute Gasteiger partial charge is 0.396 e. The SMILES string of the molecule is Nc1c(-c2ccccc2F)nc2ccccc2c1C(=O)NNc1ccccc1. The molecule has 0 atom stereocenters. The van der Waals surface area contributed by atoms with E-state index in [1.807, 2.05) is 30.3 Å². The van der Waals surface area contributed by atoms with Crippen molar-refractivity contribution in [2.75, 3.05) is 11.2 Å². The van der Waals surface area contributed by atoms with Crippen molar-refractivity contribution in [3.05, 3.63) is 90.2 Å². The molecule has 6 heteroatoms. The van der Waals surface area contributed by atoms with Gasteiger partial charge < -0.3 is 5.73 Å². The average Bonchev–Trinajstić information content (AvgIpc) is 2.73. The summed E-state index contributed by atoms with van der Waals surface area (Å²) in [6.07, 6.45) is 0. The third-order valence-corrected chi connectivity index (χ3v) is 4.38. The van der Waals surface area contributed by atoms with Crippen LogP contribution in [0.1, 0.15) is 10.4 Å². The van der Waals surface area contributed by atoms with Gasteiger partial charge in [-0.25, -0.2) is 9.37 Å². The molecule has 0 aliphatic carbocycles. The Morgan fingerprint density at radius 1 is 0.893 bits per heavy atom. The normalized spacial score (nSPS) is 10.6. The van der Waals surface area contributed by atoms with Crippen LogP contribution in [0.3, 0.4) is 0 Å². The van der Waals surface area contributed by atoms with Crippen LogP contribution >= 0.6 is 0 Å². The molecule has 1 aromatic heterocycles. The zero-order chi connectivity index (χ0) is 19.5. The van der Waals surface area contributed by atoms with Crippen molar-refractivity contribution >= 4 is 28.2 Å². The minimum Gasteiger partial charge on any atom is -0.396 e. The number of pyridine rings is 1. The van der Waals surface area contributed by atoms with Crippen molar-refractivity contribution in [2.24, 2.45) is 0 Å². The van der Waals surface area contributed by atoms with Crippen LogP contribution in [0.4, 0.5) is 15.8 Å². The number of para-hydroxylation sites is 2. The summed E-state index contributed by atoms with van der Waals surface area (Å²) < 4.78 is 14.3. The van der Waals surface area contributed by atoms with Crippen molar-refractivity contribution < 1.29 is 9.18 Å². The zero-order valence-corrected chi connectivity index (χ0v) is 14.8. The fraction of sp³-hybridized carbons (Fsp3) is 0. The summed E-state index contributed by atoms with van der Waals surface area (Å²) in [5.74, 6) is -0.886. The summed E-state index contributed by atoms with van der Waals surface area (Å²) in [6.45, 7) is 0. The van der Waals surface area contributed by atoms with Gasteiger partial charge in [0.2, 0.25) is 0 Å². The molecule has 0 spiro atoms. The Balaban J connectivity index is 1.81. The summed E-state index contributed by atoms with van der Waals surface area (Å²) in [5, 5.41) is 0.590. The van der Waals surface area contributed by atoms with Crippen LogP contribution in [-0.2, 0) is 0 Å². The molecule has 1 amide bonds. The van der Waals surface area contributed by atoms with Crippen molar-refractivity contribution in [1.29, 1.82) is 0 Å². The number of fused-ring (bicyclic) bond motifs is 1. The van der Waals surface area contributed by atoms with Crippen molar-refractivity contribution in [3.63, 3.8) is 0 Å². The van der Waals surface area contributed by atoms with E-state index in [2.05, 4.69) is 15.8 Å². The van der Waals surface area contributed by atoms with E-state index in [1.54, 1.807) is 42.5 Å². The van der Waals surface area contributed by atoms with Gasteiger partial charge in [0.25, 0.3) is 5.91 Å². The summed E-state index contributed by atoms with van der Waals surface area (Å²) in [4.78, 5) is 17.4. The number of nitrogens with two attached hydrogens (primary N) is 1. The van der Waals surface area contributed by atoms with Gasteiger partial charge in [0.15, 0.2) is 0 Å². The number of carbonyl (C=O) groups excluding carboxylic acids is 1. The molecule has 0 aliphatic rings. The quantitative estimate of drug-likeness (QED) is 0.465. The Hall–Kier alpha value is -3.93. The minimum atomic E-state index is -0.453. The van der Waals surface area contributed by atoms with E-state index >= 15 is 0 Å². The molecular weight excluding hydrogens is 355 g/mol. The predicted octanol–water partition coefficient (Wildman–Crippen LogP) is 4.38. The van der Waals surface area contributed by atoms with E-state index in [0.29, 0.717) is 10.9 Å². The third-order valence-electron chi connectivity index (χ3n) is 4.38. The first kappa shape index (κ1) is 17.5. The molecule has 5 nitrogen and oxygen atoms in total. The van der Waals surface area contributed by atoms with Crippen LogP contribution in [0.15, 0.2) is 78.9 Å². The molecule has 0 radical (unpaired) electrons. The highest BCUT2D eigenvalue weighted by atomic mass is 19.1. The van der Waals surface area contributed by atoms with Gasteiger partial charge in [0.1, 0.15) is 5.82 Å². The molecular formula is C22H17FN4O. The van der Waals surface area contributed by atoms with Crippen LogP contribution in [0.5, 0.6) is 0 Å². The highest BCUT2D eigenvalue weighted by Crippen LogP contribution is 2.33. The van der Waals surface area contributed by atoms with Gasteiger partial charge >= 0.3 is 0 Å². The number of rotatable bonds is 4. The monoisotopic (exact) mass is 372 g/mol.